The van der Waals surface area contributed by atoms with Crippen molar-refractivity contribution < 1.29 is 14.7 Å². The molecule has 134 valence electrons. The predicted molar refractivity (Wildman–Crippen MR) is 101 cm³/mol. The molecule has 0 unspecified atom stereocenters. The molecule has 0 saturated heterocycles. The van der Waals surface area contributed by atoms with Gasteiger partial charge in [-0.2, -0.15) is 0 Å². The molecule has 0 bridgehead atoms. The van der Waals surface area contributed by atoms with Gasteiger partial charge in [-0.3, -0.25) is 14.6 Å². The highest BCUT2D eigenvalue weighted by Crippen LogP contribution is 2.43. The summed E-state index contributed by atoms with van der Waals surface area (Å²) >= 11 is 0. The van der Waals surface area contributed by atoms with Crippen molar-refractivity contribution in [3.05, 3.63) is 95.8 Å². The third-order valence-electron chi connectivity index (χ3n) is 4.82. The maximum absolute atomic E-state index is 13.2. The Bertz CT molecular complexity index is 989. The van der Waals surface area contributed by atoms with Gasteiger partial charge in [0.1, 0.15) is 0 Å². The van der Waals surface area contributed by atoms with Gasteiger partial charge in [-0.25, -0.2) is 0 Å². The van der Waals surface area contributed by atoms with E-state index in [1.165, 1.54) is 6.20 Å². The maximum atomic E-state index is 13.2. The molecule has 3 aromatic rings. The first-order chi connectivity index (χ1) is 13.1. The number of Topliss-reactive ketones (excluding diaryl/α,β-unsaturated/α-hetero) is 1. The monoisotopic (exact) mass is 358 g/mol. The minimum absolute atomic E-state index is 0.320. The molecule has 2 aromatic carbocycles. The third kappa shape index (κ3) is 3.02. The van der Waals surface area contributed by atoms with Crippen LogP contribution in [-0.2, 0) is 16.9 Å². The molecule has 4 rings (SSSR count). The van der Waals surface area contributed by atoms with Gasteiger partial charge < -0.3 is 10.0 Å². The number of hydrogen-bond acceptors (Lipinski definition) is 4. The Kier molecular flexibility index (Phi) is 4.30. The average molecular weight is 358 g/mol. The minimum atomic E-state index is -1.88. The van der Waals surface area contributed by atoms with Crippen LogP contribution in [0.2, 0.25) is 0 Å². The van der Waals surface area contributed by atoms with Gasteiger partial charge in [0.05, 0.1) is 18.7 Å². The van der Waals surface area contributed by atoms with Crippen molar-refractivity contribution in [2.45, 2.75) is 18.6 Å². The van der Waals surface area contributed by atoms with Gasteiger partial charge in [0.2, 0.25) is 0 Å². The summed E-state index contributed by atoms with van der Waals surface area (Å²) in [5, 5.41) is 11.3. The first-order valence-electron chi connectivity index (χ1n) is 8.70. The number of rotatable bonds is 5. The Morgan fingerprint density at radius 3 is 2.48 bits per heavy atom. The van der Waals surface area contributed by atoms with Crippen LogP contribution in [0.15, 0.2) is 79.1 Å². The third-order valence-corrected chi connectivity index (χ3v) is 4.82. The largest absolute Gasteiger partial charge is 0.375 e. The first-order valence-corrected chi connectivity index (χ1v) is 8.70. The zero-order valence-electron chi connectivity index (χ0n) is 14.6. The molecule has 1 atom stereocenters. The van der Waals surface area contributed by atoms with Gasteiger partial charge in [-0.15, -0.1) is 0 Å². The number of hydrogen-bond donors (Lipinski definition) is 1. The summed E-state index contributed by atoms with van der Waals surface area (Å²) in [5.74, 6) is -0.805. The molecule has 0 saturated carbocycles. The van der Waals surface area contributed by atoms with Crippen LogP contribution in [-0.4, -0.2) is 21.8 Å². The summed E-state index contributed by atoms with van der Waals surface area (Å²) in [6.45, 7) is 0.333. The smallest absolute Gasteiger partial charge is 0.264 e. The number of ketones is 1. The zero-order chi connectivity index (χ0) is 18.9. The molecular formula is C22H18N2O3. The SMILES string of the molecule is O=C(C[C@]1(O)C(=O)N(Cc2ccccc2)c2ccccc21)c1cccnc1. The van der Waals surface area contributed by atoms with E-state index in [1.54, 1.807) is 41.4 Å². The van der Waals surface area contributed by atoms with E-state index in [-0.39, 0.29) is 12.2 Å². The molecule has 1 amide bonds. The Labute approximate surface area is 156 Å². The standard InChI is InChI=1S/C22H18N2O3/c25-20(17-9-6-12-23-14-17)13-22(27)18-10-4-5-11-19(18)24(21(22)26)15-16-7-2-1-3-8-16/h1-12,14,27H,13,15H2/t22-/m1/s1. The Balaban J connectivity index is 1.69. The summed E-state index contributed by atoms with van der Waals surface area (Å²) in [4.78, 5) is 31.3. The molecule has 1 aliphatic rings. The lowest BCUT2D eigenvalue weighted by Crippen LogP contribution is -2.41. The Hall–Kier alpha value is -3.31. The van der Waals surface area contributed by atoms with Crippen molar-refractivity contribution in [3.8, 4) is 0 Å². The van der Waals surface area contributed by atoms with Gasteiger partial charge in [-0.05, 0) is 23.8 Å². The Morgan fingerprint density at radius 2 is 1.74 bits per heavy atom. The molecule has 0 spiro atoms. The summed E-state index contributed by atoms with van der Waals surface area (Å²) in [6.07, 6.45) is 2.70. The predicted octanol–water partition coefficient (Wildman–Crippen LogP) is 3.09. The minimum Gasteiger partial charge on any atom is -0.375 e. The van der Waals surface area contributed by atoms with Crippen LogP contribution in [0, 0.1) is 0 Å². The second-order valence-corrected chi connectivity index (χ2v) is 6.60. The zero-order valence-corrected chi connectivity index (χ0v) is 14.6. The van der Waals surface area contributed by atoms with Crippen LogP contribution < -0.4 is 4.90 Å². The number of carbonyl (C=O) groups excluding carboxylic acids is 2. The maximum Gasteiger partial charge on any atom is 0.264 e. The topological polar surface area (TPSA) is 70.5 Å². The summed E-state index contributed by atoms with van der Waals surface area (Å²) in [6, 6.07) is 19.9. The lowest BCUT2D eigenvalue weighted by atomic mass is 9.88. The van der Waals surface area contributed by atoms with Crippen molar-refractivity contribution >= 4 is 17.4 Å². The molecule has 27 heavy (non-hydrogen) atoms. The van der Waals surface area contributed by atoms with Crippen molar-refractivity contribution in [3.63, 3.8) is 0 Å². The highest BCUT2D eigenvalue weighted by Gasteiger charge is 2.50. The molecule has 0 fully saturated rings. The fourth-order valence-corrected chi connectivity index (χ4v) is 3.46. The fraction of sp³-hybridized carbons (Fsp3) is 0.136. The van der Waals surface area contributed by atoms with Crippen molar-refractivity contribution in [1.82, 2.24) is 4.98 Å². The second-order valence-electron chi connectivity index (χ2n) is 6.60. The molecule has 1 aromatic heterocycles. The number of nitrogens with zero attached hydrogens (tertiary/aromatic N) is 2. The average Bonchev–Trinajstić information content (AvgIpc) is 2.92. The number of aliphatic hydroxyl groups is 1. The van der Waals surface area contributed by atoms with Crippen LogP contribution in [0.1, 0.15) is 27.9 Å². The number of aromatic nitrogens is 1. The van der Waals surface area contributed by atoms with Crippen LogP contribution in [0.5, 0.6) is 0 Å². The second kappa shape index (κ2) is 6.78. The number of anilines is 1. The fourth-order valence-electron chi connectivity index (χ4n) is 3.46. The van der Waals surface area contributed by atoms with E-state index in [0.717, 1.165) is 5.56 Å². The van der Waals surface area contributed by atoms with Crippen LogP contribution in [0.3, 0.4) is 0 Å². The number of fused-ring (bicyclic) bond motifs is 1. The lowest BCUT2D eigenvalue weighted by molar-refractivity contribution is -0.136. The van der Waals surface area contributed by atoms with Crippen LogP contribution in [0.4, 0.5) is 5.69 Å². The van der Waals surface area contributed by atoms with Gasteiger partial charge >= 0.3 is 0 Å². The first kappa shape index (κ1) is 17.1. The van der Waals surface area contributed by atoms with Gasteiger partial charge in [0.25, 0.3) is 5.91 Å². The highest BCUT2D eigenvalue weighted by molar-refractivity contribution is 6.10. The summed E-state index contributed by atoms with van der Waals surface area (Å²) in [7, 11) is 0. The molecule has 5 heteroatoms. The van der Waals surface area contributed by atoms with Gasteiger partial charge in [0, 0.05) is 23.5 Å². The van der Waals surface area contributed by atoms with Crippen LogP contribution >= 0.6 is 0 Å². The molecule has 0 radical (unpaired) electrons. The van der Waals surface area contributed by atoms with E-state index in [0.29, 0.717) is 23.4 Å². The quantitative estimate of drug-likeness (QED) is 0.712. The molecule has 0 aliphatic carbocycles. The molecule has 5 nitrogen and oxygen atoms in total. The molecule has 2 heterocycles. The van der Waals surface area contributed by atoms with E-state index in [4.69, 9.17) is 0 Å². The molecular weight excluding hydrogens is 340 g/mol. The lowest BCUT2D eigenvalue weighted by Gasteiger charge is -2.22. The van der Waals surface area contributed by atoms with E-state index in [9.17, 15) is 14.7 Å². The summed E-state index contributed by atoms with van der Waals surface area (Å²) in [5.41, 5.74) is 0.537. The van der Waals surface area contributed by atoms with Crippen molar-refractivity contribution in [2.24, 2.45) is 0 Å². The van der Waals surface area contributed by atoms with Crippen molar-refractivity contribution in [1.29, 1.82) is 0 Å². The summed E-state index contributed by atoms with van der Waals surface area (Å²) < 4.78 is 0. The van der Waals surface area contributed by atoms with E-state index < -0.39 is 11.5 Å². The molecule has 1 aliphatic heterocycles. The number of carbonyl (C=O) groups is 2. The number of amides is 1. The number of para-hydroxylation sites is 1. The number of pyridine rings is 1. The normalized spacial score (nSPS) is 18.4. The van der Waals surface area contributed by atoms with Gasteiger partial charge in [0.15, 0.2) is 11.4 Å². The number of benzene rings is 2. The van der Waals surface area contributed by atoms with Gasteiger partial charge in [-0.1, -0.05) is 48.5 Å². The highest BCUT2D eigenvalue weighted by atomic mass is 16.3. The molecule has 1 N–H and O–H groups in total. The van der Waals surface area contributed by atoms with E-state index in [2.05, 4.69) is 4.98 Å². The van der Waals surface area contributed by atoms with Crippen molar-refractivity contribution in [2.75, 3.05) is 4.90 Å². The van der Waals surface area contributed by atoms with E-state index in [1.807, 2.05) is 36.4 Å². The van der Waals surface area contributed by atoms with E-state index >= 15 is 0 Å². The Morgan fingerprint density at radius 1 is 1.00 bits per heavy atom. The van der Waals surface area contributed by atoms with Crippen LogP contribution in [0.25, 0.3) is 0 Å².